The number of halogens is 1. The number of nitrogen functional groups attached to an aromatic ring is 1. The summed E-state index contributed by atoms with van der Waals surface area (Å²) < 4.78 is 12.8. The fourth-order valence-corrected chi connectivity index (χ4v) is 1.55. The van der Waals surface area contributed by atoms with Crippen molar-refractivity contribution in [2.24, 2.45) is 0 Å². The van der Waals surface area contributed by atoms with Crippen LogP contribution in [0.5, 0.6) is 0 Å². The van der Waals surface area contributed by atoms with Crippen LogP contribution in [0, 0.1) is 17.1 Å². The van der Waals surface area contributed by atoms with Crippen LogP contribution in [0.2, 0.25) is 0 Å². The molecule has 0 aliphatic carbocycles. The fraction of sp³-hybridized carbons (Fsp3) is 0.0769. The van der Waals surface area contributed by atoms with Crippen LogP contribution in [-0.2, 0) is 6.42 Å². The number of nitrogens with two attached hydrogens (primary N) is 1. The van der Waals surface area contributed by atoms with Gasteiger partial charge in [-0.05, 0) is 23.8 Å². The minimum Gasteiger partial charge on any atom is -0.383 e. The van der Waals surface area contributed by atoms with E-state index in [1.54, 1.807) is 24.4 Å². The Hall–Kier alpha value is -2.41. The SMILES string of the molecule is N#CCc1cc(-c2ccc(F)cc2)cnc1N. The smallest absolute Gasteiger partial charge is 0.127 e. The van der Waals surface area contributed by atoms with Gasteiger partial charge in [0.05, 0.1) is 12.5 Å². The van der Waals surface area contributed by atoms with E-state index in [4.69, 9.17) is 11.0 Å². The number of rotatable bonds is 2. The van der Waals surface area contributed by atoms with Crippen LogP contribution in [0.25, 0.3) is 11.1 Å². The number of anilines is 1. The lowest BCUT2D eigenvalue weighted by Crippen LogP contribution is -1.97. The van der Waals surface area contributed by atoms with Crippen molar-refractivity contribution < 1.29 is 4.39 Å². The van der Waals surface area contributed by atoms with Gasteiger partial charge in [-0.2, -0.15) is 5.26 Å². The summed E-state index contributed by atoms with van der Waals surface area (Å²) in [7, 11) is 0. The van der Waals surface area contributed by atoms with Gasteiger partial charge in [0.25, 0.3) is 0 Å². The monoisotopic (exact) mass is 227 g/mol. The van der Waals surface area contributed by atoms with E-state index < -0.39 is 0 Å². The first-order valence-corrected chi connectivity index (χ1v) is 5.08. The van der Waals surface area contributed by atoms with Crippen molar-refractivity contribution in [1.82, 2.24) is 4.98 Å². The molecule has 0 amide bonds. The molecule has 0 spiro atoms. The standard InChI is InChI=1S/C13H10FN3/c14-12-3-1-9(2-4-12)11-7-10(5-6-15)13(16)17-8-11/h1-4,7-8H,5H2,(H2,16,17). The van der Waals surface area contributed by atoms with Gasteiger partial charge in [-0.15, -0.1) is 0 Å². The summed E-state index contributed by atoms with van der Waals surface area (Å²) in [6, 6.07) is 9.94. The molecular weight excluding hydrogens is 217 g/mol. The molecule has 0 fully saturated rings. The summed E-state index contributed by atoms with van der Waals surface area (Å²) in [5.41, 5.74) is 8.01. The second kappa shape index (κ2) is 4.62. The van der Waals surface area contributed by atoms with Crippen LogP contribution >= 0.6 is 0 Å². The average molecular weight is 227 g/mol. The van der Waals surface area contributed by atoms with Crippen molar-refractivity contribution in [3.63, 3.8) is 0 Å². The summed E-state index contributed by atoms with van der Waals surface area (Å²) in [5, 5.41) is 8.66. The Labute approximate surface area is 98.3 Å². The van der Waals surface area contributed by atoms with Gasteiger partial charge in [0.1, 0.15) is 11.6 Å². The number of hydrogen-bond donors (Lipinski definition) is 1. The minimum atomic E-state index is -0.283. The molecule has 1 aromatic heterocycles. The van der Waals surface area contributed by atoms with Crippen LogP contribution in [0.15, 0.2) is 36.5 Å². The van der Waals surface area contributed by atoms with Crippen molar-refractivity contribution in [3.05, 3.63) is 47.9 Å². The Balaban J connectivity index is 2.43. The molecule has 0 atom stereocenters. The maximum atomic E-state index is 12.8. The van der Waals surface area contributed by atoms with Crippen molar-refractivity contribution in [2.75, 3.05) is 5.73 Å². The van der Waals surface area contributed by atoms with Gasteiger partial charge in [0, 0.05) is 17.3 Å². The molecule has 17 heavy (non-hydrogen) atoms. The second-order valence-electron chi connectivity index (χ2n) is 3.61. The molecule has 0 saturated heterocycles. The molecule has 3 nitrogen and oxygen atoms in total. The first-order chi connectivity index (χ1) is 8.20. The summed E-state index contributed by atoms with van der Waals surface area (Å²) in [5.74, 6) is 0.0758. The van der Waals surface area contributed by atoms with Gasteiger partial charge in [0.2, 0.25) is 0 Å². The molecule has 0 aliphatic heterocycles. The highest BCUT2D eigenvalue weighted by molar-refractivity contribution is 5.65. The van der Waals surface area contributed by atoms with E-state index in [9.17, 15) is 4.39 Å². The summed E-state index contributed by atoms with van der Waals surface area (Å²) in [6.45, 7) is 0. The number of nitriles is 1. The van der Waals surface area contributed by atoms with Gasteiger partial charge in [-0.3, -0.25) is 0 Å². The Kier molecular flexibility index (Phi) is 3.01. The number of hydrogen-bond acceptors (Lipinski definition) is 3. The lowest BCUT2D eigenvalue weighted by atomic mass is 10.0. The fourth-order valence-electron chi connectivity index (χ4n) is 1.55. The van der Waals surface area contributed by atoms with E-state index in [0.717, 1.165) is 11.1 Å². The van der Waals surface area contributed by atoms with Gasteiger partial charge < -0.3 is 5.73 Å². The molecule has 4 heteroatoms. The topological polar surface area (TPSA) is 62.7 Å². The Bertz CT molecular complexity index is 570. The zero-order valence-electron chi connectivity index (χ0n) is 9.02. The van der Waals surface area contributed by atoms with E-state index in [-0.39, 0.29) is 12.2 Å². The average Bonchev–Trinajstić information content (AvgIpc) is 2.33. The number of nitrogens with zero attached hydrogens (tertiary/aromatic N) is 2. The highest BCUT2D eigenvalue weighted by Crippen LogP contribution is 2.22. The normalized spacial score (nSPS) is 9.88. The van der Waals surface area contributed by atoms with Gasteiger partial charge >= 0.3 is 0 Å². The van der Waals surface area contributed by atoms with E-state index in [1.807, 2.05) is 6.07 Å². The lowest BCUT2D eigenvalue weighted by molar-refractivity contribution is 0.628. The van der Waals surface area contributed by atoms with Crippen LogP contribution in [-0.4, -0.2) is 4.98 Å². The molecule has 0 saturated carbocycles. The summed E-state index contributed by atoms with van der Waals surface area (Å²) in [6.07, 6.45) is 1.83. The van der Waals surface area contributed by atoms with Gasteiger partial charge in [-0.25, -0.2) is 9.37 Å². The largest absolute Gasteiger partial charge is 0.383 e. The summed E-state index contributed by atoms with van der Waals surface area (Å²) in [4.78, 5) is 4.03. The highest BCUT2D eigenvalue weighted by Gasteiger charge is 2.04. The maximum Gasteiger partial charge on any atom is 0.127 e. The third-order valence-corrected chi connectivity index (χ3v) is 2.45. The van der Waals surface area contributed by atoms with Crippen molar-refractivity contribution in [2.45, 2.75) is 6.42 Å². The van der Waals surface area contributed by atoms with Gasteiger partial charge in [-0.1, -0.05) is 12.1 Å². The molecular formula is C13H10FN3. The Morgan fingerprint density at radius 1 is 1.24 bits per heavy atom. The molecule has 1 aromatic carbocycles. The molecule has 2 N–H and O–H groups in total. The van der Waals surface area contributed by atoms with Crippen molar-refractivity contribution in [1.29, 1.82) is 5.26 Å². The molecule has 0 unspecified atom stereocenters. The number of benzene rings is 1. The first-order valence-electron chi connectivity index (χ1n) is 5.08. The third-order valence-electron chi connectivity index (χ3n) is 2.45. The van der Waals surface area contributed by atoms with Crippen LogP contribution in [0.3, 0.4) is 0 Å². The van der Waals surface area contributed by atoms with Crippen LogP contribution < -0.4 is 5.73 Å². The highest BCUT2D eigenvalue weighted by atomic mass is 19.1. The molecule has 2 aromatic rings. The van der Waals surface area contributed by atoms with E-state index in [2.05, 4.69) is 4.98 Å². The van der Waals surface area contributed by atoms with Gasteiger partial charge in [0.15, 0.2) is 0 Å². The lowest BCUT2D eigenvalue weighted by Gasteiger charge is -2.05. The van der Waals surface area contributed by atoms with Crippen LogP contribution in [0.4, 0.5) is 10.2 Å². The first kappa shape index (κ1) is 11.1. The second-order valence-corrected chi connectivity index (χ2v) is 3.61. The summed E-state index contributed by atoms with van der Waals surface area (Å²) >= 11 is 0. The zero-order valence-corrected chi connectivity index (χ0v) is 9.02. The van der Waals surface area contributed by atoms with E-state index in [1.165, 1.54) is 12.1 Å². The van der Waals surface area contributed by atoms with Crippen molar-refractivity contribution in [3.8, 4) is 17.2 Å². The predicted octanol–water partition coefficient (Wildman–Crippen LogP) is 2.54. The Morgan fingerprint density at radius 2 is 1.94 bits per heavy atom. The van der Waals surface area contributed by atoms with E-state index in [0.29, 0.717) is 11.4 Å². The quantitative estimate of drug-likeness (QED) is 0.857. The zero-order chi connectivity index (χ0) is 12.3. The third kappa shape index (κ3) is 2.40. The predicted molar refractivity (Wildman–Crippen MR) is 63.4 cm³/mol. The maximum absolute atomic E-state index is 12.8. The molecule has 0 radical (unpaired) electrons. The van der Waals surface area contributed by atoms with E-state index >= 15 is 0 Å². The minimum absolute atomic E-state index is 0.216. The molecule has 0 bridgehead atoms. The van der Waals surface area contributed by atoms with Crippen LogP contribution in [0.1, 0.15) is 5.56 Å². The van der Waals surface area contributed by atoms with Crippen molar-refractivity contribution >= 4 is 5.82 Å². The number of aromatic nitrogens is 1. The Morgan fingerprint density at radius 3 is 2.59 bits per heavy atom. The molecule has 1 heterocycles. The molecule has 2 rings (SSSR count). The molecule has 0 aliphatic rings. The molecule has 84 valence electrons. The number of pyridine rings is 1.